The first kappa shape index (κ1) is 12.9. The van der Waals surface area contributed by atoms with Gasteiger partial charge in [0.05, 0.1) is 13.2 Å². The predicted molar refractivity (Wildman–Crippen MR) is 72.0 cm³/mol. The Labute approximate surface area is 111 Å². The van der Waals surface area contributed by atoms with Crippen molar-refractivity contribution in [3.05, 3.63) is 48.2 Å². The highest BCUT2D eigenvalue weighted by molar-refractivity contribution is 7.99. The van der Waals surface area contributed by atoms with Gasteiger partial charge >= 0.3 is 0 Å². The van der Waals surface area contributed by atoms with Crippen molar-refractivity contribution in [3.8, 4) is 5.75 Å². The van der Waals surface area contributed by atoms with Crippen molar-refractivity contribution in [1.82, 2.24) is 4.98 Å². The van der Waals surface area contributed by atoms with Crippen LogP contribution in [0.5, 0.6) is 5.75 Å². The SMILES string of the molecule is COc1ccc(Sc2ncccc2[C@H](C)O)cc1. The van der Waals surface area contributed by atoms with Crippen LogP contribution >= 0.6 is 11.8 Å². The van der Waals surface area contributed by atoms with Gasteiger partial charge in [-0.1, -0.05) is 17.8 Å². The third-order valence-corrected chi connectivity index (χ3v) is 3.57. The highest BCUT2D eigenvalue weighted by Crippen LogP contribution is 2.32. The van der Waals surface area contributed by atoms with Crippen LogP contribution in [-0.4, -0.2) is 17.2 Å². The van der Waals surface area contributed by atoms with E-state index >= 15 is 0 Å². The molecule has 4 heteroatoms. The molecular formula is C14H15NO2S. The van der Waals surface area contributed by atoms with Crippen molar-refractivity contribution in [3.63, 3.8) is 0 Å². The Bertz CT molecular complexity index is 511. The minimum Gasteiger partial charge on any atom is -0.497 e. The van der Waals surface area contributed by atoms with Crippen LogP contribution in [0.15, 0.2) is 52.5 Å². The summed E-state index contributed by atoms with van der Waals surface area (Å²) in [4.78, 5) is 5.38. The highest BCUT2D eigenvalue weighted by Gasteiger charge is 2.09. The van der Waals surface area contributed by atoms with E-state index in [4.69, 9.17) is 4.74 Å². The molecular weight excluding hydrogens is 246 g/mol. The van der Waals surface area contributed by atoms with Gasteiger partial charge in [0.2, 0.25) is 0 Å². The number of rotatable bonds is 4. The first-order chi connectivity index (χ1) is 8.70. The summed E-state index contributed by atoms with van der Waals surface area (Å²) in [7, 11) is 1.65. The quantitative estimate of drug-likeness (QED) is 0.917. The second-order valence-corrected chi connectivity index (χ2v) is 4.91. The molecule has 0 fully saturated rings. The molecule has 1 aromatic heterocycles. The van der Waals surface area contributed by atoms with E-state index in [-0.39, 0.29) is 0 Å². The fourth-order valence-electron chi connectivity index (χ4n) is 1.56. The second kappa shape index (κ2) is 5.89. The standard InChI is InChI=1S/C14H15NO2S/c1-10(16)13-4-3-9-15-14(13)18-12-7-5-11(17-2)6-8-12/h3-10,16H,1-2H3/t10-/m0/s1. The summed E-state index contributed by atoms with van der Waals surface area (Å²) in [5, 5.41) is 10.5. The van der Waals surface area contributed by atoms with E-state index in [1.165, 1.54) is 11.8 Å². The zero-order chi connectivity index (χ0) is 13.0. The predicted octanol–water partition coefficient (Wildman–Crippen LogP) is 3.29. The number of hydrogen-bond donors (Lipinski definition) is 1. The average Bonchev–Trinajstić information content (AvgIpc) is 2.40. The summed E-state index contributed by atoms with van der Waals surface area (Å²) in [6.45, 7) is 1.75. The van der Waals surface area contributed by atoms with Crippen molar-refractivity contribution in [2.24, 2.45) is 0 Å². The normalized spacial score (nSPS) is 12.2. The van der Waals surface area contributed by atoms with E-state index in [1.807, 2.05) is 36.4 Å². The van der Waals surface area contributed by atoms with Gasteiger partial charge < -0.3 is 9.84 Å². The number of hydrogen-bond acceptors (Lipinski definition) is 4. The molecule has 1 heterocycles. The largest absolute Gasteiger partial charge is 0.497 e. The number of nitrogens with zero attached hydrogens (tertiary/aromatic N) is 1. The maximum absolute atomic E-state index is 9.69. The molecule has 1 aromatic carbocycles. The van der Waals surface area contributed by atoms with Crippen LogP contribution in [0, 0.1) is 0 Å². The molecule has 0 aliphatic carbocycles. The van der Waals surface area contributed by atoms with Crippen LogP contribution in [0.1, 0.15) is 18.6 Å². The first-order valence-corrected chi connectivity index (χ1v) is 6.47. The number of aromatic nitrogens is 1. The molecule has 0 radical (unpaired) electrons. The average molecular weight is 261 g/mol. The van der Waals surface area contributed by atoms with E-state index in [2.05, 4.69) is 4.98 Å². The molecule has 1 N–H and O–H groups in total. The minimum atomic E-state index is -0.514. The van der Waals surface area contributed by atoms with Crippen LogP contribution in [0.4, 0.5) is 0 Å². The number of ether oxygens (including phenoxy) is 1. The minimum absolute atomic E-state index is 0.514. The van der Waals surface area contributed by atoms with Crippen molar-refractivity contribution in [2.75, 3.05) is 7.11 Å². The molecule has 0 unspecified atom stereocenters. The van der Waals surface area contributed by atoms with Crippen molar-refractivity contribution < 1.29 is 9.84 Å². The molecule has 0 bridgehead atoms. The Morgan fingerprint density at radius 2 is 1.94 bits per heavy atom. The van der Waals surface area contributed by atoms with E-state index in [1.54, 1.807) is 20.2 Å². The van der Waals surface area contributed by atoms with E-state index in [0.29, 0.717) is 0 Å². The maximum atomic E-state index is 9.69. The fraction of sp³-hybridized carbons (Fsp3) is 0.214. The molecule has 0 aliphatic rings. The van der Waals surface area contributed by atoms with Gasteiger partial charge in [-0.15, -0.1) is 0 Å². The fourth-order valence-corrected chi connectivity index (χ4v) is 2.53. The lowest BCUT2D eigenvalue weighted by Gasteiger charge is -2.10. The lowest BCUT2D eigenvalue weighted by atomic mass is 10.2. The monoisotopic (exact) mass is 261 g/mol. The molecule has 0 spiro atoms. The van der Waals surface area contributed by atoms with E-state index in [9.17, 15) is 5.11 Å². The smallest absolute Gasteiger partial charge is 0.118 e. The molecule has 0 aliphatic heterocycles. The zero-order valence-corrected chi connectivity index (χ0v) is 11.1. The number of aliphatic hydroxyl groups is 1. The third kappa shape index (κ3) is 3.03. The summed E-state index contributed by atoms with van der Waals surface area (Å²) in [5.74, 6) is 0.830. The summed E-state index contributed by atoms with van der Waals surface area (Å²) < 4.78 is 5.12. The molecule has 1 atom stereocenters. The Hall–Kier alpha value is -1.52. The van der Waals surface area contributed by atoms with Gasteiger partial charge in [0.15, 0.2) is 0 Å². The van der Waals surface area contributed by atoms with Gasteiger partial charge in [-0.25, -0.2) is 4.98 Å². The van der Waals surface area contributed by atoms with E-state index in [0.717, 1.165) is 21.2 Å². The van der Waals surface area contributed by atoms with Crippen LogP contribution in [-0.2, 0) is 0 Å². The summed E-state index contributed by atoms with van der Waals surface area (Å²) >= 11 is 1.54. The molecule has 0 saturated carbocycles. The second-order valence-electron chi connectivity index (χ2n) is 3.85. The molecule has 18 heavy (non-hydrogen) atoms. The molecule has 0 amide bonds. The lowest BCUT2D eigenvalue weighted by molar-refractivity contribution is 0.195. The third-order valence-electron chi connectivity index (χ3n) is 2.52. The van der Waals surface area contributed by atoms with Gasteiger partial charge in [-0.2, -0.15) is 0 Å². The van der Waals surface area contributed by atoms with E-state index < -0.39 is 6.10 Å². The van der Waals surface area contributed by atoms with Crippen LogP contribution in [0.25, 0.3) is 0 Å². The van der Waals surface area contributed by atoms with Crippen molar-refractivity contribution in [1.29, 1.82) is 0 Å². The van der Waals surface area contributed by atoms with Crippen molar-refractivity contribution in [2.45, 2.75) is 22.9 Å². The maximum Gasteiger partial charge on any atom is 0.118 e. The van der Waals surface area contributed by atoms with Crippen LogP contribution in [0.2, 0.25) is 0 Å². The topological polar surface area (TPSA) is 42.4 Å². The van der Waals surface area contributed by atoms with Gasteiger partial charge in [-0.3, -0.25) is 0 Å². The number of aliphatic hydroxyl groups excluding tert-OH is 1. The first-order valence-electron chi connectivity index (χ1n) is 5.65. The number of methoxy groups -OCH3 is 1. The Morgan fingerprint density at radius 1 is 1.22 bits per heavy atom. The molecule has 2 rings (SSSR count). The molecule has 0 saturated heterocycles. The molecule has 3 nitrogen and oxygen atoms in total. The Balaban J connectivity index is 2.22. The van der Waals surface area contributed by atoms with Crippen LogP contribution < -0.4 is 4.74 Å². The Kier molecular flexibility index (Phi) is 4.23. The number of pyridine rings is 1. The Morgan fingerprint density at radius 3 is 2.56 bits per heavy atom. The van der Waals surface area contributed by atoms with Crippen LogP contribution in [0.3, 0.4) is 0 Å². The number of benzene rings is 1. The van der Waals surface area contributed by atoms with Gasteiger partial charge in [0.1, 0.15) is 10.8 Å². The summed E-state index contributed by atoms with van der Waals surface area (Å²) in [6.07, 6.45) is 1.22. The van der Waals surface area contributed by atoms with Gasteiger partial charge in [0, 0.05) is 16.7 Å². The summed E-state index contributed by atoms with van der Waals surface area (Å²) in [5.41, 5.74) is 0.846. The lowest BCUT2D eigenvalue weighted by Crippen LogP contribution is -1.95. The highest BCUT2D eigenvalue weighted by atomic mass is 32.2. The van der Waals surface area contributed by atoms with Crippen molar-refractivity contribution >= 4 is 11.8 Å². The molecule has 2 aromatic rings. The zero-order valence-electron chi connectivity index (χ0n) is 10.3. The summed E-state index contributed by atoms with van der Waals surface area (Å²) in [6, 6.07) is 11.5. The molecule has 94 valence electrons. The van der Waals surface area contributed by atoms with Gasteiger partial charge in [0.25, 0.3) is 0 Å². The van der Waals surface area contributed by atoms with Gasteiger partial charge in [-0.05, 0) is 37.3 Å².